The molecule has 3 heterocycles. The van der Waals surface area contributed by atoms with Crippen LogP contribution < -0.4 is 4.74 Å². The van der Waals surface area contributed by atoms with E-state index in [2.05, 4.69) is 32.6 Å². The van der Waals surface area contributed by atoms with Crippen molar-refractivity contribution in [3.63, 3.8) is 0 Å². The predicted molar refractivity (Wildman–Crippen MR) is 140 cm³/mol. The molecule has 1 aliphatic carbocycles. The van der Waals surface area contributed by atoms with Gasteiger partial charge in [-0.3, -0.25) is 4.90 Å². The third kappa shape index (κ3) is 4.72. The number of halogens is 1. The molecule has 3 saturated heterocycles. The second-order valence-corrected chi connectivity index (χ2v) is 12.0. The van der Waals surface area contributed by atoms with Gasteiger partial charge in [0.05, 0.1) is 18.7 Å². The summed E-state index contributed by atoms with van der Waals surface area (Å²) in [7, 11) is 0. The Morgan fingerprint density at radius 3 is 2.47 bits per heavy atom. The van der Waals surface area contributed by atoms with Crippen molar-refractivity contribution >= 4 is 6.09 Å². The van der Waals surface area contributed by atoms with Crippen LogP contribution in [0.3, 0.4) is 0 Å². The van der Waals surface area contributed by atoms with E-state index in [1.165, 1.54) is 0 Å². The minimum absolute atomic E-state index is 0.0404. The van der Waals surface area contributed by atoms with Gasteiger partial charge in [0.25, 0.3) is 0 Å². The van der Waals surface area contributed by atoms with Gasteiger partial charge in [-0.2, -0.15) is 0 Å². The third-order valence-corrected chi connectivity index (χ3v) is 8.53. The molecule has 4 aliphatic rings. The summed E-state index contributed by atoms with van der Waals surface area (Å²) < 4.78 is 21.5. The second-order valence-electron chi connectivity index (χ2n) is 12.0. The van der Waals surface area contributed by atoms with Crippen molar-refractivity contribution in [3.05, 3.63) is 53.3 Å². The highest BCUT2D eigenvalue weighted by atomic mass is 19.1. The molecule has 2 aromatic rings. The molecule has 0 saturated carbocycles. The number of benzene rings is 2. The van der Waals surface area contributed by atoms with Crippen LogP contribution in [0.4, 0.5) is 9.18 Å². The molecule has 0 aromatic heterocycles. The molecule has 6 heteroatoms. The van der Waals surface area contributed by atoms with E-state index < -0.39 is 6.09 Å². The van der Waals surface area contributed by atoms with E-state index in [0.717, 1.165) is 67.8 Å². The smallest absolute Gasteiger partial charge is 0.408 e. The third-order valence-electron chi connectivity index (χ3n) is 8.53. The minimum Gasteiger partial charge on any atom is -0.493 e. The zero-order valence-electron chi connectivity index (χ0n) is 22.0. The summed E-state index contributed by atoms with van der Waals surface area (Å²) in [6.45, 7) is 12.0. The maximum Gasteiger partial charge on any atom is 0.408 e. The summed E-state index contributed by atoms with van der Waals surface area (Å²) in [4.78, 5) is 16.9. The number of carbonyl (C=O) groups is 1. The number of piperidine rings is 3. The highest BCUT2D eigenvalue weighted by Crippen LogP contribution is 2.50. The van der Waals surface area contributed by atoms with Crippen molar-refractivity contribution in [2.24, 2.45) is 17.3 Å². The van der Waals surface area contributed by atoms with Crippen LogP contribution in [0.5, 0.6) is 5.75 Å². The minimum atomic E-state index is -0.888. The van der Waals surface area contributed by atoms with Gasteiger partial charge in [-0.1, -0.05) is 39.8 Å². The number of carboxylic acid groups (broad SMARTS) is 1. The highest BCUT2D eigenvalue weighted by Gasteiger charge is 2.48. The zero-order chi connectivity index (χ0) is 25.6. The summed E-state index contributed by atoms with van der Waals surface area (Å²) in [5.41, 5.74) is 2.99. The van der Waals surface area contributed by atoms with Crippen molar-refractivity contribution in [2.75, 3.05) is 26.2 Å². The van der Waals surface area contributed by atoms with Gasteiger partial charge < -0.3 is 14.7 Å². The molecule has 2 atom stereocenters. The maximum atomic E-state index is 15.7. The molecular weight excluding hydrogens is 455 g/mol. The molecule has 5 nitrogen and oxygen atoms in total. The maximum absolute atomic E-state index is 15.7. The normalized spacial score (nSPS) is 26.5. The van der Waals surface area contributed by atoms with E-state index >= 15 is 4.39 Å². The molecular formula is C30H39FN2O3. The largest absolute Gasteiger partial charge is 0.493 e. The first kappa shape index (κ1) is 25.1. The van der Waals surface area contributed by atoms with Gasteiger partial charge in [0.15, 0.2) is 0 Å². The SMILES string of the molecule is CC(C)COc1ccc(-c2cc3c(cc2F)[C@H](N(C(=O)O)[C@@H]2CN4CCC2CC4)C(C)(C)CC3)cc1. The fourth-order valence-corrected chi connectivity index (χ4v) is 6.55. The molecule has 6 rings (SSSR count). The first-order valence-electron chi connectivity index (χ1n) is 13.4. The lowest BCUT2D eigenvalue weighted by atomic mass is 9.68. The van der Waals surface area contributed by atoms with E-state index in [-0.39, 0.29) is 23.3 Å². The molecule has 0 radical (unpaired) electrons. The number of rotatable bonds is 6. The van der Waals surface area contributed by atoms with Crippen molar-refractivity contribution in [1.82, 2.24) is 9.80 Å². The fraction of sp³-hybridized carbons (Fsp3) is 0.567. The van der Waals surface area contributed by atoms with Crippen molar-refractivity contribution < 1.29 is 19.0 Å². The summed E-state index contributed by atoms with van der Waals surface area (Å²) in [6.07, 6.45) is 2.87. The predicted octanol–water partition coefficient (Wildman–Crippen LogP) is 6.62. The van der Waals surface area contributed by atoms with E-state index in [1.54, 1.807) is 11.0 Å². The number of fused-ring (bicyclic) bond motifs is 4. The molecule has 2 aromatic carbocycles. The Kier molecular flexibility index (Phi) is 6.75. The average Bonchev–Trinajstić information content (AvgIpc) is 2.85. The van der Waals surface area contributed by atoms with Crippen molar-refractivity contribution in [3.8, 4) is 16.9 Å². The fourth-order valence-electron chi connectivity index (χ4n) is 6.55. The van der Waals surface area contributed by atoms with Crippen LogP contribution in [0, 0.1) is 23.1 Å². The van der Waals surface area contributed by atoms with Crippen LogP contribution in [0.15, 0.2) is 36.4 Å². The molecule has 3 fully saturated rings. The second kappa shape index (κ2) is 9.70. The Balaban J connectivity index is 1.49. The van der Waals surface area contributed by atoms with E-state index in [1.807, 2.05) is 30.3 Å². The van der Waals surface area contributed by atoms with Gasteiger partial charge in [0.2, 0.25) is 0 Å². The number of amides is 1. The van der Waals surface area contributed by atoms with Crippen LogP contribution in [-0.4, -0.2) is 53.3 Å². The van der Waals surface area contributed by atoms with Gasteiger partial charge in [-0.25, -0.2) is 9.18 Å². The Morgan fingerprint density at radius 1 is 1.19 bits per heavy atom. The average molecular weight is 495 g/mol. The van der Waals surface area contributed by atoms with Gasteiger partial charge in [0.1, 0.15) is 11.6 Å². The molecule has 36 heavy (non-hydrogen) atoms. The van der Waals surface area contributed by atoms with Crippen LogP contribution in [0.1, 0.15) is 64.1 Å². The highest BCUT2D eigenvalue weighted by molar-refractivity contribution is 5.69. The van der Waals surface area contributed by atoms with E-state index in [4.69, 9.17) is 4.74 Å². The van der Waals surface area contributed by atoms with Gasteiger partial charge in [0, 0.05) is 12.1 Å². The first-order valence-corrected chi connectivity index (χ1v) is 13.4. The topological polar surface area (TPSA) is 53.0 Å². The summed E-state index contributed by atoms with van der Waals surface area (Å²) in [5.74, 6) is 1.30. The molecule has 0 spiro atoms. The van der Waals surface area contributed by atoms with Crippen LogP contribution in [0.2, 0.25) is 0 Å². The zero-order valence-corrected chi connectivity index (χ0v) is 22.0. The number of nitrogens with zero attached hydrogens (tertiary/aromatic N) is 2. The Morgan fingerprint density at radius 2 is 1.89 bits per heavy atom. The van der Waals surface area contributed by atoms with Crippen molar-refractivity contribution in [2.45, 2.75) is 65.5 Å². The van der Waals surface area contributed by atoms with E-state index in [0.29, 0.717) is 24.0 Å². The monoisotopic (exact) mass is 494 g/mol. The number of hydrogen-bond donors (Lipinski definition) is 1. The lowest BCUT2D eigenvalue weighted by molar-refractivity contribution is -0.0353. The molecule has 194 valence electrons. The van der Waals surface area contributed by atoms with Crippen LogP contribution in [0.25, 0.3) is 11.1 Å². The lowest BCUT2D eigenvalue weighted by Crippen LogP contribution is -2.61. The summed E-state index contributed by atoms with van der Waals surface area (Å²) in [6, 6.07) is 10.8. The first-order chi connectivity index (χ1) is 17.1. The molecule has 1 N–H and O–H groups in total. The van der Waals surface area contributed by atoms with Crippen molar-refractivity contribution in [1.29, 1.82) is 0 Å². The van der Waals surface area contributed by atoms with Crippen LogP contribution >= 0.6 is 0 Å². The van der Waals surface area contributed by atoms with Gasteiger partial charge >= 0.3 is 6.09 Å². The standard InChI is InChI=1S/C30H39FN2O3/c1-19(2)18-36-23-7-5-20(6-8-23)24-15-22-9-12-30(3,4)28(25(22)16-26(24)31)33(29(34)35)27-17-32-13-10-21(27)11-14-32/h5-8,15-16,19,21,27-28H,9-14,17-18H2,1-4H3,(H,34,35)/t27-,28+/m1/s1. The molecule has 1 amide bonds. The van der Waals surface area contributed by atoms with Crippen LogP contribution in [-0.2, 0) is 6.42 Å². The van der Waals surface area contributed by atoms with E-state index in [9.17, 15) is 9.90 Å². The number of hydrogen-bond acceptors (Lipinski definition) is 3. The molecule has 3 aliphatic heterocycles. The Hall–Kier alpha value is -2.60. The molecule has 2 bridgehead atoms. The number of aryl methyl sites for hydroxylation is 1. The number of ether oxygens (including phenoxy) is 1. The Bertz CT molecular complexity index is 1110. The quantitative estimate of drug-likeness (QED) is 0.491. The summed E-state index contributed by atoms with van der Waals surface area (Å²) in [5, 5.41) is 10.5. The Labute approximate surface area is 214 Å². The van der Waals surface area contributed by atoms with Gasteiger partial charge in [-0.15, -0.1) is 0 Å². The summed E-state index contributed by atoms with van der Waals surface area (Å²) >= 11 is 0. The van der Waals surface area contributed by atoms with Gasteiger partial charge in [-0.05, 0) is 97.0 Å². The molecule has 0 unspecified atom stereocenters. The lowest BCUT2D eigenvalue weighted by Gasteiger charge is -2.54.